The molecule has 1 fully saturated rings. The predicted octanol–water partition coefficient (Wildman–Crippen LogP) is 0.807. The molecule has 0 aromatic carbocycles. The van der Waals surface area contributed by atoms with E-state index in [2.05, 4.69) is 15.1 Å². The second-order valence-corrected chi connectivity index (χ2v) is 5.84. The molecule has 0 aliphatic carbocycles. The number of likely N-dealkylation sites (tertiary alicyclic amines) is 1. The summed E-state index contributed by atoms with van der Waals surface area (Å²) in [7, 11) is 2.05. The Balaban J connectivity index is 1.91. The van der Waals surface area contributed by atoms with Crippen molar-refractivity contribution in [3.8, 4) is 0 Å². The van der Waals surface area contributed by atoms with E-state index in [1.807, 2.05) is 37.9 Å². The van der Waals surface area contributed by atoms with Crippen LogP contribution in [0.1, 0.15) is 25.5 Å². The molecule has 1 aliphatic rings. The number of amides is 1. The molecular weight excluding hydrogens is 266 g/mol. The molecule has 1 saturated heterocycles. The van der Waals surface area contributed by atoms with Gasteiger partial charge in [0.2, 0.25) is 5.91 Å². The van der Waals surface area contributed by atoms with Gasteiger partial charge in [0.15, 0.2) is 5.82 Å². The first-order chi connectivity index (χ1) is 10.0. The van der Waals surface area contributed by atoms with E-state index in [4.69, 9.17) is 5.73 Å². The number of anilines is 1. The van der Waals surface area contributed by atoms with Crippen LogP contribution in [0.15, 0.2) is 12.1 Å². The fourth-order valence-electron chi connectivity index (χ4n) is 2.65. The molecule has 2 N–H and O–H groups in total. The molecule has 2 rings (SSSR count). The minimum atomic E-state index is -0.0813. The maximum absolute atomic E-state index is 12.1. The molecule has 1 aliphatic heterocycles. The smallest absolute Gasteiger partial charge is 0.226 e. The first kappa shape index (κ1) is 15.7. The largest absolute Gasteiger partial charge is 0.355 e. The fraction of sp³-hybridized carbons (Fsp3) is 0.667. The number of carbonyl (C=O) groups is 1. The third kappa shape index (κ3) is 3.69. The lowest BCUT2D eigenvalue weighted by Crippen LogP contribution is -2.48. The topological polar surface area (TPSA) is 75.3 Å². The number of hydrogen-bond donors (Lipinski definition) is 1. The molecular formula is C15H25N5O. The van der Waals surface area contributed by atoms with Crippen LogP contribution >= 0.6 is 0 Å². The quantitative estimate of drug-likeness (QED) is 0.888. The van der Waals surface area contributed by atoms with Crippen LogP contribution in [0.3, 0.4) is 0 Å². The lowest BCUT2D eigenvalue weighted by molar-refractivity contribution is -0.135. The van der Waals surface area contributed by atoms with Gasteiger partial charge in [0.25, 0.3) is 0 Å². The van der Waals surface area contributed by atoms with Crippen molar-refractivity contribution in [2.75, 3.05) is 31.6 Å². The number of rotatable bonds is 4. The van der Waals surface area contributed by atoms with Crippen molar-refractivity contribution >= 4 is 11.7 Å². The Kier molecular flexibility index (Phi) is 5.12. The van der Waals surface area contributed by atoms with Crippen molar-refractivity contribution in [1.82, 2.24) is 15.1 Å². The summed E-state index contributed by atoms with van der Waals surface area (Å²) in [6.07, 6.45) is 1.91. The van der Waals surface area contributed by atoms with E-state index < -0.39 is 0 Å². The number of aromatic nitrogens is 2. The maximum atomic E-state index is 12.1. The molecule has 0 bridgehead atoms. The first-order valence-corrected chi connectivity index (χ1v) is 7.55. The van der Waals surface area contributed by atoms with Crippen LogP contribution in [0.5, 0.6) is 0 Å². The first-order valence-electron chi connectivity index (χ1n) is 7.55. The Labute approximate surface area is 126 Å². The molecule has 0 saturated carbocycles. The molecule has 6 heteroatoms. The molecule has 116 valence electrons. The summed E-state index contributed by atoms with van der Waals surface area (Å²) in [5, 5.41) is 8.33. The predicted molar refractivity (Wildman–Crippen MR) is 83.0 cm³/mol. The van der Waals surface area contributed by atoms with Crippen LogP contribution < -0.4 is 10.6 Å². The van der Waals surface area contributed by atoms with Crippen LogP contribution in [0, 0.1) is 12.8 Å². The summed E-state index contributed by atoms with van der Waals surface area (Å²) < 4.78 is 0. The SMILES string of the molecule is Cc1ccc(N(C)C2CCN(C(=O)C(C)CN)CC2)nn1. The van der Waals surface area contributed by atoms with Crippen LogP contribution in [-0.2, 0) is 4.79 Å². The van der Waals surface area contributed by atoms with Gasteiger partial charge in [-0.1, -0.05) is 6.92 Å². The third-order valence-corrected chi connectivity index (χ3v) is 4.24. The van der Waals surface area contributed by atoms with E-state index >= 15 is 0 Å². The highest BCUT2D eigenvalue weighted by molar-refractivity contribution is 5.78. The second kappa shape index (κ2) is 6.85. The van der Waals surface area contributed by atoms with Gasteiger partial charge in [0, 0.05) is 38.6 Å². The average Bonchev–Trinajstić information content (AvgIpc) is 2.53. The number of carbonyl (C=O) groups excluding carboxylic acids is 1. The standard InChI is InChI=1S/C15H25N5O/c1-11(10-16)15(21)20-8-6-13(7-9-20)19(3)14-5-4-12(2)17-18-14/h4-5,11,13H,6-10,16H2,1-3H3. The third-order valence-electron chi connectivity index (χ3n) is 4.24. The van der Waals surface area contributed by atoms with Gasteiger partial charge in [-0.05, 0) is 31.9 Å². The Morgan fingerprint density at radius 1 is 1.43 bits per heavy atom. The zero-order valence-corrected chi connectivity index (χ0v) is 13.1. The Morgan fingerprint density at radius 3 is 2.62 bits per heavy atom. The van der Waals surface area contributed by atoms with Crippen molar-refractivity contribution in [2.24, 2.45) is 11.7 Å². The van der Waals surface area contributed by atoms with Crippen molar-refractivity contribution in [3.05, 3.63) is 17.8 Å². The summed E-state index contributed by atoms with van der Waals surface area (Å²) >= 11 is 0. The average molecular weight is 291 g/mol. The van der Waals surface area contributed by atoms with E-state index in [-0.39, 0.29) is 11.8 Å². The van der Waals surface area contributed by atoms with Crippen molar-refractivity contribution < 1.29 is 4.79 Å². The highest BCUT2D eigenvalue weighted by Crippen LogP contribution is 2.21. The van der Waals surface area contributed by atoms with E-state index in [1.54, 1.807) is 0 Å². The highest BCUT2D eigenvalue weighted by Gasteiger charge is 2.27. The van der Waals surface area contributed by atoms with Crippen molar-refractivity contribution in [3.63, 3.8) is 0 Å². The Morgan fingerprint density at radius 2 is 2.10 bits per heavy atom. The fourth-order valence-corrected chi connectivity index (χ4v) is 2.65. The molecule has 1 aromatic heterocycles. The Hall–Kier alpha value is -1.69. The molecule has 21 heavy (non-hydrogen) atoms. The normalized spacial score (nSPS) is 17.6. The van der Waals surface area contributed by atoms with E-state index in [1.165, 1.54) is 0 Å². The van der Waals surface area contributed by atoms with Crippen LogP contribution in [0.25, 0.3) is 0 Å². The number of nitrogens with two attached hydrogens (primary N) is 1. The van der Waals surface area contributed by atoms with Crippen LogP contribution in [0.4, 0.5) is 5.82 Å². The lowest BCUT2D eigenvalue weighted by atomic mass is 10.0. The zero-order valence-electron chi connectivity index (χ0n) is 13.1. The number of hydrogen-bond acceptors (Lipinski definition) is 5. The molecule has 6 nitrogen and oxygen atoms in total. The molecule has 1 amide bonds. The van der Waals surface area contributed by atoms with Crippen molar-refractivity contribution in [2.45, 2.75) is 32.7 Å². The van der Waals surface area contributed by atoms with Gasteiger partial charge in [0.05, 0.1) is 5.69 Å². The summed E-state index contributed by atoms with van der Waals surface area (Å²) in [5.41, 5.74) is 6.49. The molecule has 1 atom stereocenters. The highest BCUT2D eigenvalue weighted by atomic mass is 16.2. The van der Waals surface area contributed by atoms with Gasteiger partial charge >= 0.3 is 0 Å². The zero-order chi connectivity index (χ0) is 15.4. The number of piperidine rings is 1. The van der Waals surface area contributed by atoms with Crippen molar-refractivity contribution in [1.29, 1.82) is 0 Å². The van der Waals surface area contributed by atoms with Crippen LogP contribution in [-0.4, -0.2) is 53.7 Å². The van der Waals surface area contributed by atoms with Gasteiger partial charge < -0.3 is 15.5 Å². The van der Waals surface area contributed by atoms with E-state index in [0.717, 1.165) is 37.4 Å². The molecule has 0 spiro atoms. The number of aryl methyl sites for hydroxylation is 1. The Bertz CT molecular complexity index is 467. The minimum Gasteiger partial charge on any atom is -0.355 e. The van der Waals surface area contributed by atoms with Gasteiger partial charge in [-0.25, -0.2) is 0 Å². The van der Waals surface area contributed by atoms with Crippen LogP contribution in [0.2, 0.25) is 0 Å². The number of nitrogens with zero attached hydrogens (tertiary/aromatic N) is 4. The van der Waals surface area contributed by atoms with Gasteiger partial charge in [-0.15, -0.1) is 5.10 Å². The lowest BCUT2D eigenvalue weighted by Gasteiger charge is -2.37. The molecule has 0 radical (unpaired) electrons. The van der Waals surface area contributed by atoms with E-state index in [0.29, 0.717) is 12.6 Å². The van der Waals surface area contributed by atoms with Gasteiger partial charge in [-0.2, -0.15) is 5.10 Å². The summed E-state index contributed by atoms with van der Waals surface area (Å²) in [5.74, 6) is 0.983. The van der Waals surface area contributed by atoms with Gasteiger partial charge in [0.1, 0.15) is 0 Å². The maximum Gasteiger partial charge on any atom is 0.226 e. The van der Waals surface area contributed by atoms with E-state index in [9.17, 15) is 4.79 Å². The summed E-state index contributed by atoms with van der Waals surface area (Å²) in [6.45, 7) is 5.81. The minimum absolute atomic E-state index is 0.0813. The summed E-state index contributed by atoms with van der Waals surface area (Å²) in [4.78, 5) is 16.2. The second-order valence-electron chi connectivity index (χ2n) is 5.84. The van der Waals surface area contributed by atoms with Gasteiger partial charge in [-0.3, -0.25) is 4.79 Å². The molecule has 1 unspecified atom stereocenters. The monoisotopic (exact) mass is 291 g/mol. The molecule has 1 aromatic rings. The molecule has 2 heterocycles. The summed E-state index contributed by atoms with van der Waals surface area (Å²) in [6, 6.07) is 4.37.